The zero-order valence-electron chi connectivity index (χ0n) is 12.0. The van der Waals surface area contributed by atoms with Gasteiger partial charge in [-0.15, -0.1) is 0 Å². The van der Waals surface area contributed by atoms with E-state index in [4.69, 9.17) is 0 Å². The monoisotopic (exact) mass is 260 g/mol. The van der Waals surface area contributed by atoms with Gasteiger partial charge in [0.2, 0.25) is 5.91 Å². The van der Waals surface area contributed by atoms with Gasteiger partial charge in [0.15, 0.2) is 0 Å². The van der Waals surface area contributed by atoms with Crippen LogP contribution in [0, 0.1) is 5.92 Å². The number of unbranched alkanes of at least 4 members (excludes halogenated alkanes) is 1. The van der Waals surface area contributed by atoms with Crippen LogP contribution in [0.25, 0.3) is 0 Å². The van der Waals surface area contributed by atoms with Crippen molar-refractivity contribution in [3.05, 3.63) is 23.8 Å². The lowest BCUT2D eigenvalue weighted by atomic mass is 9.98. The van der Waals surface area contributed by atoms with Crippen LogP contribution in [-0.2, 0) is 11.2 Å². The molecule has 1 aromatic rings. The summed E-state index contributed by atoms with van der Waals surface area (Å²) in [6.45, 7) is 5.26. The zero-order chi connectivity index (χ0) is 13.7. The van der Waals surface area contributed by atoms with Gasteiger partial charge in [0, 0.05) is 23.8 Å². The predicted molar refractivity (Wildman–Crippen MR) is 80.6 cm³/mol. The SMILES string of the molecule is CCCCC(CC)C(=O)Nc1ccc2c(c1)CCN2. The van der Waals surface area contributed by atoms with Crippen molar-refractivity contribution in [3.8, 4) is 0 Å². The van der Waals surface area contributed by atoms with Crippen LogP contribution in [0.1, 0.15) is 45.1 Å². The van der Waals surface area contributed by atoms with Crippen molar-refractivity contribution in [2.24, 2.45) is 5.92 Å². The summed E-state index contributed by atoms with van der Waals surface area (Å²) in [5.74, 6) is 0.313. The maximum Gasteiger partial charge on any atom is 0.227 e. The highest BCUT2D eigenvalue weighted by molar-refractivity contribution is 5.92. The van der Waals surface area contributed by atoms with E-state index < -0.39 is 0 Å². The van der Waals surface area contributed by atoms with E-state index in [0.717, 1.165) is 44.3 Å². The Balaban J connectivity index is 1.97. The zero-order valence-corrected chi connectivity index (χ0v) is 12.0. The van der Waals surface area contributed by atoms with Crippen molar-refractivity contribution in [2.45, 2.75) is 46.0 Å². The summed E-state index contributed by atoms with van der Waals surface area (Å²) < 4.78 is 0. The molecule has 0 bridgehead atoms. The van der Waals surface area contributed by atoms with E-state index in [9.17, 15) is 4.79 Å². The first-order valence-corrected chi connectivity index (χ1v) is 7.42. The Morgan fingerprint density at radius 3 is 3.00 bits per heavy atom. The summed E-state index contributed by atoms with van der Waals surface area (Å²) in [6, 6.07) is 6.15. The highest BCUT2D eigenvalue weighted by Crippen LogP contribution is 2.26. The summed E-state index contributed by atoms with van der Waals surface area (Å²) in [5.41, 5.74) is 3.44. The molecule has 0 aliphatic carbocycles. The minimum Gasteiger partial charge on any atom is -0.384 e. The molecule has 1 atom stereocenters. The fourth-order valence-electron chi connectivity index (χ4n) is 2.60. The van der Waals surface area contributed by atoms with E-state index in [-0.39, 0.29) is 11.8 Å². The van der Waals surface area contributed by atoms with Gasteiger partial charge in [0.25, 0.3) is 0 Å². The number of carbonyl (C=O) groups excluding carboxylic acids is 1. The van der Waals surface area contributed by atoms with Crippen LogP contribution >= 0.6 is 0 Å². The normalized spacial score (nSPS) is 14.6. The molecule has 3 heteroatoms. The van der Waals surface area contributed by atoms with Crippen LogP contribution in [0.3, 0.4) is 0 Å². The summed E-state index contributed by atoms with van der Waals surface area (Å²) in [7, 11) is 0. The number of amides is 1. The summed E-state index contributed by atoms with van der Waals surface area (Å²) in [6.07, 6.45) is 5.23. The fourth-order valence-corrected chi connectivity index (χ4v) is 2.60. The van der Waals surface area contributed by atoms with Crippen molar-refractivity contribution >= 4 is 17.3 Å². The largest absolute Gasteiger partial charge is 0.384 e. The molecule has 19 heavy (non-hydrogen) atoms. The number of hydrogen-bond donors (Lipinski definition) is 2. The molecule has 1 aliphatic rings. The van der Waals surface area contributed by atoms with Gasteiger partial charge < -0.3 is 10.6 Å². The van der Waals surface area contributed by atoms with Crippen LogP contribution in [-0.4, -0.2) is 12.5 Å². The van der Waals surface area contributed by atoms with Gasteiger partial charge in [-0.1, -0.05) is 26.7 Å². The summed E-state index contributed by atoms with van der Waals surface area (Å²) >= 11 is 0. The van der Waals surface area contributed by atoms with Crippen LogP contribution < -0.4 is 10.6 Å². The molecule has 0 saturated carbocycles. The molecule has 0 spiro atoms. The molecular weight excluding hydrogens is 236 g/mol. The van der Waals surface area contributed by atoms with E-state index in [0.29, 0.717) is 0 Å². The van der Waals surface area contributed by atoms with Crippen molar-refractivity contribution in [1.82, 2.24) is 0 Å². The molecule has 0 fully saturated rings. The Labute approximate surface area is 115 Å². The molecule has 0 aromatic heterocycles. The van der Waals surface area contributed by atoms with Gasteiger partial charge in [-0.25, -0.2) is 0 Å². The minimum atomic E-state index is 0.145. The predicted octanol–water partition coefficient (Wildman–Crippen LogP) is 3.81. The Hall–Kier alpha value is -1.51. The van der Waals surface area contributed by atoms with E-state index >= 15 is 0 Å². The molecule has 0 radical (unpaired) electrons. The first-order chi connectivity index (χ1) is 9.24. The molecular formula is C16H24N2O. The maximum atomic E-state index is 12.2. The van der Waals surface area contributed by atoms with E-state index in [2.05, 4.69) is 36.6 Å². The van der Waals surface area contributed by atoms with Gasteiger partial charge in [-0.3, -0.25) is 4.79 Å². The van der Waals surface area contributed by atoms with Gasteiger partial charge >= 0.3 is 0 Å². The lowest BCUT2D eigenvalue weighted by molar-refractivity contribution is -0.120. The van der Waals surface area contributed by atoms with Crippen LogP contribution in [0.4, 0.5) is 11.4 Å². The standard InChI is InChI=1S/C16H24N2O/c1-3-5-6-12(4-2)16(19)18-14-7-8-15-13(11-14)9-10-17-15/h7-8,11-12,17H,3-6,9-10H2,1-2H3,(H,18,19). The molecule has 1 aliphatic heterocycles. The molecule has 1 amide bonds. The molecule has 1 aromatic carbocycles. The molecule has 1 heterocycles. The van der Waals surface area contributed by atoms with Crippen LogP contribution in [0.5, 0.6) is 0 Å². The number of rotatable bonds is 6. The minimum absolute atomic E-state index is 0.145. The maximum absolute atomic E-state index is 12.2. The van der Waals surface area contributed by atoms with E-state index in [1.807, 2.05) is 6.07 Å². The van der Waals surface area contributed by atoms with Gasteiger partial charge in [-0.05, 0) is 43.0 Å². The molecule has 3 nitrogen and oxygen atoms in total. The van der Waals surface area contributed by atoms with Crippen molar-refractivity contribution in [2.75, 3.05) is 17.2 Å². The topological polar surface area (TPSA) is 41.1 Å². The van der Waals surface area contributed by atoms with Crippen LogP contribution in [0.2, 0.25) is 0 Å². The van der Waals surface area contributed by atoms with Gasteiger partial charge in [0.1, 0.15) is 0 Å². The smallest absolute Gasteiger partial charge is 0.227 e. The summed E-state index contributed by atoms with van der Waals surface area (Å²) in [4.78, 5) is 12.2. The number of fused-ring (bicyclic) bond motifs is 1. The Morgan fingerprint density at radius 2 is 2.26 bits per heavy atom. The lowest BCUT2D eigenvalue weighted by Gasteiger charge is -2.15. The second kappa shape index (κ2) is 6.60. The Kier molecular flexibility index (Phi) is 4.83. The summed E-state index contributed by atoms with van der Waals surface area (Å²) in [5, 5.41) is 6.39. The fraction of sp³-hybridized carbons (Fsp3) is 0.562. The molecule has 2 rings (SSSR count). The number of nitrogens with one attached hydrogen (secondary N) is 2. The van der Waals surface area contributed by atoms with E-state index in [1.54, 1.807) is 0 Å². The third-order valence-electron chi connectivity index (χ3n) is 3.85. The third kappa shape index (κ3) is 3.49. The Bertz CT molecular complexity index is 442. The van der Waals surface area contributed by atoms with Crippen LogP contribution in [0.15, 0.2) is 18.2 Å². The highest BCUT2D eigenvalue weighted by atomic mass is 16.1. The van der Waals surface area contributed by atoms with Gasteiger partial charge in [-0.2, -0.15) is 0 Å². The highest BCUT2D eigenvalue weighted by Gasteiger charge is 2.17. The first-order valence-electron chi connectivity index (χ1n) is 7.42. The number of anilines is 2. The molecule has 104 valence electrons. The number of benzene rings is 1. The average molecular weight is 260 g/mol. The van der Waals surface area contributed by atoms with Crippen molar-refractivity contribution < 1.29 is 4.79 Å². The molecule has 2 N–H and O–H groups in total. The second-order valence-electron chi connectivity index (χ2n) is 5.29. The van der Waals surface area contributed by atoms with Crippen molar-refractivity contribution in [3.63, 3.8) is 0 Å². The molecule has 0 saturated heterocycles. The average Bonchev–Trinajstić information content (AvgIpc) is 2.87. The quantitative estimate of drug-likeness (QED) is 0.816. The molecule has 1 unspecified atom stereocenters. The first kappa shape index (κ1) is 13.9. The third-order valence-corrected chi connectivity index (χ3v) is 3.85. The van der Waals surface area contributed by atoms with Crippen molar-refractivity contribution in [1.29, 1.82) is 0 Å². The number of carbonyl (C=O) groups is 1. The second-order valence-corrected chi connectivity index (χ2v) is 5.29. The van der Waals surface area contributed by atoms with Gasteiger partial charge in [0.05, 0.1) is 0 Å². The Morgan fingerprint density at radius 1 is 1.42 bits per heavy atom. The lowest BCUT2D eigenvalue weighted by Crippen LogP contribution is -2.22. The van der Waals surface area contributed by atoms with E-state index in [1.165, 1.54) is 11.3 Å². The number of hydrogen-bond acceptors (Lipinski definition) is 2.